The van der Waals surface area contributed by atoms with E-state index in [1.54, 1.807) is 37.5 Å². The monoisotopic (exact) mass is 481 g/mol. The topological polar surface area (TPSA) is 96.0 Å². The average molecular weight is 482 g/mol. The number of hydrogen-bond donors (Lipinski definition) is 1. The van der Waals surface area contributed by atoms with Crippen molar-refractivity contribution in [2.45, 2.75) is 0 Å². The van der Waals surface area contributed by atoms with Gasteiger partial charge in [0.2, 0.25) is 5.91 Å². The Hall–Kier alpha value is -3.50. The summed E-state index contributed by atoms with van der Waals surface area (Å²) < 4.78 is 5.59. The quantitative estimate of drug-likeness (QED) is 0.368. The zero-order chi connectivity index (χ0) is 23.5. The van der Waals surface area contributed by atoms with Gasteiger partial charge in [0, 0.05) is 13.1 Å². The number of amides is 4. The van der Waals surface area contributed by atoms with Gasteiger partial charge in [-0.3, -0.25) is 29.0 Å². The van der Waals surface area contributed by atoms with E-state index >= 15 is 0 Å². The van der Waals surface area contributed by atoms with Crippen LogP contribution < -0.4 is 10.1 Å². The molecule has 0 aliphatic carbocycles. The van der Waals surface area contributed by atoms with Crippen LogP contribution in [-0.2, 0) is 9.59 Å². The summed E-state index contributed by atoms with van der Waals surface area (Å²) in [5, 5.41) is 2.64. The molecular weight excluding hydrogens is 462 g/mol. The number of rotatable bonds is 7. The second-order valence-electron chi connectivity index (χ2n) is 7.20. The van der Waals surface area contributed by atoms with Crippen molar-refractivity contribution in [2.24, 2.45) is 0 Å². The van der Waals surface area contributed by atoms with Gasteiger partial charge in [-0.15, -0.1) is 0 Å². The number of hydrogen-bond acceptors (Lipinski definition) is 7. The van der Waals surface area contributed by atoms with Gasteiger partial charge in [0.05, 0.1) is 23.1 Å². The average Bonchev–Trinajstić information content (AvgIpc) is 3.21. The van der Waals surface area contributed by atoms with E-state index in [1.165, 1.54) is 16.7 Å². The number of carbonyl (C=O) groups excluding carboxylic acids is 4. The highest BCUT2D eigenvalue weighted by Gasteiger charge is 2.36. The van der Waals surface area contributed by atoms with E-state index < -0.39 is 17.7 Å². The zero-order valence-corrected chi connectivity index (χ0v) is 19.2. The van der Waals surface area contributed by atoms with E-state index in [2.05, 4.69) is 5.32 Å². The van der Waals surface area contributed by atoms with Crippen LogP contribution in [0.5, 0.6) is 5.75 Å². The van der Waals surface area contributed by atoms with Gasteiger partial charge in [0.25, 0.3) is 17.7 Å². The van der Waals surface area contributed by atoms with E-state index in [9.17, 15) is 19.2 Å². The lowest BCUT2D eigenvalue weighted by Gasteiger charge is -2.16. The molecule has 2 aromatic carbocycles. The second kappa shape index (κ2) is 9.55. The SMILES string of the molecule is COc1cccc(/C=C2/SC(=S)N(CCNC(=O)CN3C(=O)c4ccccc4C3=O)C2=O)c1. The molecule has 4 amide bonds. The number of fused-ring (bicyclic) bond motifs is 1. The molecule has 0 aromatic heterocycles. The Morgan fingerprint density at radius 1 is 1.03 bits per heavy atom. The third-order valence-corrected chi connectivity index (χ3v) is 6.48. The highest BCUT2D eigenvalue weighted by Crippen LogP contribution is 2.32. The van der Waals surface area contributed by atoms with Crippen molar-refractivity contribution in [3.8, 4) is 5.75 Å². The molecule has 1 saturated heterocycles. The number of thioether (sulfide) groups is 1. The van der Waals surface area contributed by atoms with Crippen molar-refractivity contribution >= 4 is 58.0 Å². The number of thiocarbonyl (C=S) groups is 1. The first-order chi connectivity index (χ1) is 15.9. The molecule has 2 aromatic rings. The molecule has 1 N–H and O–H groups in total. The number of imide groups is 1. The molecule has 0 radical (unpaired) electrons. The van der Waals surface area contributed by atoms with Gasteiger partial charge in [-0.25, -0.2) is 0 Å². The van der Waals surface area contributed by atoms with Crippen molar-refractivity contribution in [3.05, 3.63) is 70.1 Å². The molecule has 1 fully saturated rings. The summed E-state index contributed by atoms with van der Waals surface area (Å²) in [5.41, 5.74) is 1.38. The molecule has 2 aliphatic heterocycles. The minimum Gasteiger partial charge on any atom is -0.497 e. The van der Waals surface area contributed by atoms with Crippen LogP contribution in [0.3, 0.4) is 0 Å². The van der Waals surface area contributed by atoms with Crippen LogP contribution in [0.2, 0.25) is 0 Å². The van der Waals surface area contributed by atoms with E-state index in [0.29, 0.717) is 15.0 Å². The smallest absolute Gasteiger partial charge is 0.266 e. The van der Waals surface area contributed by atoms with E-state index in [4.69, 9.17) is 17.0 Å². The van der Waals surface area contributed by atoms with Gasteiger partial charge < -0.3 is 10.1 Å². The van der Waals surface area contributed by atoms with Crippen LogP contribution in [0.15, 0.2) is 53.4 Å². The lowest BCUT2D eigenvalue weighted by molar-refractivity contribution is -0.124. The Morgan fingerprint density at radius 3 is 2.39 bits per heavy atom. The second-order valence-corrected chi connectivity index (χ2v) is 8.88. The van der Waals surface area contributed by atoms with Crippen LogP contribution >= 0.6 is 24.0 Å². The molecule has 0 saturated carbocycles. The minimum absolute atomic E-state index is 0.126. The lowest BCUT2D eigenvalue weighted by atomic mass is 10.1. The molecule has 0 unspecified atom stereocenters. The predicted octanol–water partition coefficient (Wildman–Crippen LogP) is 2.31. The maximum Gasteiger partial charge on any atom is 0.266 e. The fraction of sp³-hybridized carbons (Fsp3) is 0.174. The largest absolute Gasteiger partial charge is 0.497 e. The molecule has 2 aliphatic rings. The molecule has 0 atom stereocenters. The Bertz CT molecular complexity index is 1180. The summed E-state index contributed by atoms with van der Waals surface area (Å²) in [6.45, 7) is -0.0880. The van der Waals surface area contributed by atoms with E-state index in [-0.39, 0.29) is 36.7 Å². The van der Waals surface area contributed by atoms with Crippen LogP contribution in [-0.4, -0.2) is 64.5 Å². The normalized spacial score (nSPS) is 16.6. The third kappa shape index (κ3) is 4.67. The maximum atomic E-state index is 12.7. The Kier molecular flexibility index (Phi) is 6.57. The van der Waals surface area contributed by atoms with Crippen molar-refractivity contribution < 1.29 is 23.9 Å². The van der Waals surface area contributed by atoms with Crippen LogP contribution in [0.1, 0.15) is 26.3 Å². The molecule has 2 heterocycles. The molecular formula is C23H19N3O5S2. The minimum atomic E-state index is -0.498. The summed E-state index contributed by atoms with van der Waals surface area (Å²) in [6, 6.07) is 13.8. The fourth-order valence-electron chi connectivity index (χ4n) is 3.46. The summed E-state index contributed by atoms with van der Waals surface area (Å²) >= 11 is 6.50. The van der Waals surface area contributed by atoms with Crippen molar-refractivity contribution in [1.29, 1.82) is 0 Å². The predicted molar refractivity (Wildman–Crippen MR) is 128 cm³/mol. The Balaban J connectivity index is 1.31. The summed E-state index contributed by atoms with van der Waals surface area (Å²) in [7, 11) is 1.57. The molecule has 8 nitrogen and oxygen atoms in total. The number of nitrogens with zero attached hydrogens (tertiary/aromatic N) is 2. The highest BCUT2D eigenvalue weighted by molar-refractivity contribution is 8.26. The molecule has 33 heavy (non-hydrogen) atoms. The maximum absolute atomic E-state index is 12.7. The van der Waals surface area contributed by atoms with E-state index in [0.717, 1.165) is 10.5 Å². The molecule has 4 rings (SSSR count). The van der Waals surface area contributed by atoms with Crippen LogP contribution in [0.25, 0.3) is 6.08 Å². The summed E-state index contributed by atoms with van der Waals surface area (Å²) in [5.74, 6) is -1.06. The standard InChI is InChI=1S/C23H19N3O5S2/c1-31-15-6-4-5-14(11-15)12-18-22(30)25(23(32)33-18)10-9-24-19(27)13-26-20(28)16-7-2-3-8-17(16)21(26)29/h2-8,11-12H,9-10,13H2,1H3,(H,24,27)/b18-12+. The van der Waals surface area contributed by atoms with E-state index in [1.807, 2.05) is 24.3 Å². The van der Waals surface area contributed by atoms with Crippen LogP contribution in [0, 0.1) is 0 Å². The first-order valence-electron chi connectivity index (χ1n) is 10.0. The van der Waals surface area contributed by atoms with Crippen molar-refractivity contribution in [1.82, 2.24) is 15.1 Å². The van der Waals surface area contributed by atoms with Gasteiger partial charge in [-0.2, -0.15) is 0 Å². The van der Waals surface area contributed by atoms with Crippen molar-refractivity contribution in [3.63, 3.8) is 0 Å². The first kappa shape index (κ1) is 22.7. The highest BCUT2D eigenvalue weighted by atomic mass is 32.2. The van der Waals surface area contributed by atoms with Crippen LogP contribution in [0.4, 0.5) is 0 Å². The van der Waals surface area contributed by atoms with Gasteiger partial charge in [0.1, 0.15) is 16.6 Å². The van der Waals surface area contributed by atoms with Gasteiger partial charge in [-0.05, 0) is 35.9 Å². The number of methoxy groups -OCH3 is 1. The third-order valence-electron chi connectivity index (χ3n) is 5.10. The summed E-state index contributed by atoms with van der Waals surface area (Å²) in [6.07, 6.45) is 1.74. The zero-order valence-electron chi connectivity index (χ0n) is 17.6. The first-order valence-corrected chi connectivity index (χ1v) is 11.2. The summed E-state index contributed by atoms with van der Waals surface area (Å²) in [4.78, 5) is 52.6. The molecule has 10 heteroatoms. The fourth-order valence-corrected chi connectivity index (χ4v) is 4.77. The molecule has 0 bridgehead atoms. The van der Waals surface area contributed by atoms with Gasteiger partial charge in [0.15, 0.2) is 0 Å². The number of nitrogens with one attached hydrogen (secondary N) is 1. The van der Waals surface area contributed by atoms with Gasteiger partial charge >= 0.3 is 0 Å². The number of carbonyl (C=O) groups is 4. The van der Waals surface area contributed by atoms with Crippen molar-refractivity contribution in [2.75, 3.05) is 26.7 Å². The number of benzene rings is 2. The number of ether oxygens (including phenoxy) is 1. The van der Waals surface area contributed by atoms with Gasteiger partial charge in [-0.1, -0.05) is 48.2 Å². The Morgan fingerprint density at radius 2 is 1.73 bits per heavy atom. The molecule has 168 valence electrons. The Labute approximate surface area is 199 Å². The molecule has 0 spiro atoms. The lowest BCUT2D eigenvalue weighted by Crippen LogP contribution is -2.43.